The molecule has 0 aromatic carbocycles. The Hall–Kier alpha value is -1.89. The fourth-order valence-corrected chi connectivity index (χ4v) is 3.36. The molecule has 106 valence electrons. The van der Waals surface area contributed by atoms with Crippen LogP contribution in [0.15, 0.2) is 17.4 Å². The molecule has 0 saturated carbocycles. The Morgan fingerprint density at radius 2 is 2.45 bits per heavy atom. The number of methoxy groups -OCH3 is 1. The lowest BCUT2D eigenvalue weighted by molar-refractivity contribution is 0.0364. The zero-order valence-electron chi connectivity index (χ0n) is 11.4. The maximum absolute atomic E-state index is 6.12. The van der Waals surface area contributed by atoms with E-state index in [9.17, 15) is 0 Å². The van der Waals surface area contributed by atoms with Crippen molar-refractivity contribution in [3.05, 3.63) is 12.4 Å². The van der Waals surface area contributed by atoms with Crippen molar-refractivity contribution in [2.24, 2.45) is 10.9 Å². The first kappa shape index (κ1) is 11.9. The second-order valence-corrected chi connectivity index (χ2v) is 5.58. The zero-order chi connectivity index (χ0) is 13.6. The Morgan fingerprint density at radius 1 is 1.50 bits per heavy atom. The predicted octanol–water partition coefficient (Wildman–Crippen LogP) is 0.358. The van der Waals surface area contributed by atoms with Gasteiger partial charge >= 0.3 is 0 Å². The van der Waals surface area contributed by atoms with Gasteiger partial charge in [0.15, 0.2) is 0 Å². The molecular formula is C13H17N5O2. The van der Waals surface area contributed by atoms with Gasteiger partial charge in [0.1, 0.15) is 17.7 Å². The van der Waals surface area contributed by atoms with E-state index in [0.29, 0.717) is 23.6 Å². The van der Waals surface area contributed by atoms with Gasteiger partial charge in [-0.2, -0.15) is 0 Å². The van der Waals surface area contributed by atoms with Crippen LogP contribution in [0.1, 0.15) is 6.42 Å². The summed E-state index contributed by atoms with van der Waals surface area (Å²) < 4.78 is 11.2. The third-order valence-corrected chi connectivity index (χ3v) is 4.38. The van der Waals surface area contributed by atoms with E-state index in [1.54, 1.807) is 13.2 Å². The normalized spacial score (nSPS) is 34.1. The molecule has 3 aliphatic rings. The topological polar surface area (TPSA) is 71.9 Å². The van der Waals surface area contributed by atoms with Gasteiger partial charge in [-0.1, -0.05) is 0 Å². The average molecular weight is 275 g/mol. The van der Waals surface area contributed by atoms with Crippen LogP contribution >= 0.6 is 0 Å². The van der Waals surface area contributed by atoms with Gasteiger partial charge in [0, 0.05) is 25.1 Å². The van der Waals surface area contributed by atoms with E-state index in [2.05, 4.69) is 25.2 Å². The van der Waals surface area contributed by atoms with Crippen molar-refractivity contribution in [2.45, 2.75) is 12.0 Å². The van der Waals surface area contributed by atoms with E-state index in [0.717, 1.165) is 19.6 Å². The Kier molecular flexibility index (Phi) is 2.56. The van der Waals surface area contributed by atoms with Gasteiger partial charge in [0.05, 0.1) is 13.7 Å². The molecule has 2 bridgehead atoms. The van der Waals surface area contributed by atoms with E-state index in [1.165, 1.54) is 19.3 Å². The largest absolute Gasteiger partial charge is 0.481 e. The van der Waals surface area contributed by atoms with Gasteiger partial charge in [-0.3, -0.25) is 10.2 Å². The second-order valence-electron chi connectivity index (χ2n) is 5.58. The fourth-order valence-electron chi connectivity index (χ4n) is 3.36. The van der Waals surface area contributed by atoms with Crippen LogP contribution in [0.25, 0.3) is 0 Å². The third kappa shape index (κ3) is 1.81. The number of ether oxygens (including phenoxy) is 2. The van der Waals surface area contributed by atoms with Gasteiger partial charge in [0.25, 0.3) is 6.02 Å². The molecule has 1 N–H and O–H groups in total. The molecule has 3 unspecified atom stereocenters. The van der Waals surface area contributed by atoms with E-state index < -0.39 is 0 Å². The molecule has 7 heteroatoms. The lowest BCUT2D eigenvalue weighted by atomic mass is 9.88. The summed E-state index contributed by atoms with van der Waals surface area (Å²) in [4.78, 5) is 15.1. The fraction of sp³-hybridized carbons (Fsp3) is 0.615. The van der Waals surface area contributed by atoms with Crippen molar-refractivity contribution in [3.63, 3.8) is 0 Å². The van der Waals surface area contributed by atoms with Crippen LogP contribution in [0.4, 0.5) is 5.82 Å². The summed E-state index contributed by atoms with van der Waals surface area (Å²) in [5.74, 6) is 1.75. The SMILES string of the molecule is COc1cc(NC2=NCC3(CN4CCC3C4)O2)ncn1. The first-order valence-corrected chi connectivity index (χ1v) is 6.86. The third-order valence-electron chi connectivity index (χ3n) is 4.38. The van der Waals surface area contributed by atoms with Crippen molar-refractivity contribution in [3.8, 4) is 5.88 Å². The molecule has 7 nitrogen and oxygen atoms in total. The maximum Gasteiger partial charge on any atom is 0.291 e. The molecule has 4 rings (SSSR count). The highest BCUT2D eigenvalue weighted by Crippen LogP contribution is 2.41. The molecule has 3 aliphatic heterocycles. The van der Waals surface area contributed by atoms with Crippen LogP contribution < -0.4 is 10.1 Å². The molecule has 1 spiro atoms. The minimum absolute atomic E-state index is 0.113. The number of rotatable bonds is 2. The summed E-state index contributed by atoms with van der Waals surface area (Å²) >= 11 is 0. The van der Waals surface area contributed by atoms with Crippen LogP contribution in [0, 0.1) is 5.92 Å². The van der Waals surface area contributed by atoms with E-state index in [1.807, 2.05) is 0 Å². The Bertz CT molecular complexity index is 563. The average Bonchev–Trinajstić information content (AvgIpc) is 3.16. The van der Waals surface area contributed by atoms with Gasteiger partial charge in [-0.05, 0) is 13.0 Å². The standard InChI is InChI=1S/C13H17N5O2/c1-19-11-4-10(15-8-16-11)17-12-14-6-13(20-12)7-18-3-2-9(13)5-18/h4,8-9H,2-3,5-7H2,1H3,(H,14,15,16,17). The minimum atomic E-state index is -0.113. The van der Waals surface area contributed by atoms with Crippen LogP contribution in [0.3, 0.4) is 0 Å². The Balaban J connectivity index is 1.46. The monoisotopic (exact) mass is 275 g/mol. The number of piperidine rings is 1. The molecule has 0 radical (unpaired) electrons. The summed E-state index contributed by atoms with van der Waals surface area (Å²) in [6, 6.07) is 2.28. The van der Waals surface area contributed by atoms with E-state index in [4.69, 9.17) is 9.47 Å². The number of hydrogen-bond donors (Lipinski definition) is 1. The Morgan fingerprint density at radius 3 is 3.20 bits per heavy atom. The Labute approximate surface area is 117 Å². The number of hydrogen-bond acceptors (Lipinski definition) is 7. The van der Waals surface area contributed by atoms with Gasteiger partial charge in [-0.25, -0.2) is 15.0 Å². The number of aliphatic imine (C=N–C) groups is 1. The molecule has 1 aromatic rings. The van der Waals surface area contributed by atoms with Crippen molar-refractivity contribution in [1.29, 1.82) is 0 Å². The van der Waals surface area contributed by atoms with Crippen LogP contribution in [-0.4, -0.2) is 59.8 Å². The molecule has 4 heterocycles. The highest BCUT2D eigenvalue weighted by molar-refractivity contribution is 5.89. The quantitative estimate of drug-likeness (QED) is 0.840. The van der Waals surface area contributed by atoms with Crippen molar-refractivity contribution in [1.82, 2.24) is 14.9 Å². The number of amidine groups is 1. The van der Waals surface area contributed by atoms with E-state index >= 15 is 0 Å². The predicted molar refractivity (Wildman–Crippen MR) is 72.9 cm³/mol. The number of aromatic nitrogens is 2. The highest BCUT2D eigenvalue weighted by atomic mass is 16.5. The molecule has 20 heavy (non-hydrogen) atoms. The smallest absolute Gasteiger partial charge is 0.291 e. The van der Waals surface area contributed by atoms with Gasteiger partial charge in [-0.15, -0.1) is 0 Å². The van der Waals surface area contributed by atoms with Crippen molar-refractivity contribution < 1.29 is 9.47 Å². The molecule has 2 saturated heterocycles. The van der Waals surface area contributed by atoms with Crippen molar-refractivity contribution >= 4 is 11.8 Å². The number of fused-ring (bicyclic) bond motifs is 3. The summed E-state index contributed by atoms with van der Waals surface area (Å²) in [5, 5.41) is 3.10. The van der Waals surface area contributed by atoms with E-state index in [-0.39, 0.29) is 5.60 Å². The zero-order valence-corrected chi connectivity index (χ0v) is 11.4. The second kappa shape index (κ2) is 4.31. The van der Waals surface area contributed by atoms with Gasteiger partial charge in [0.2, 0.25) is 5.88 Å². The van der Waals surface area contributed by atoms with Crippen molar-refractivity contribution in [2.75, 3.05) is 38.6 Å². The first-order valence-electron chi connectivity index (χ1n) is 6.86. The van der Waals surface area contributed by atoms with Crippen LogP contribution in [0.2, 0.25) is 0 Å². The number of nitrogens with one attached hydrogen (secondary N) is 1. The molecule has 1 aromatic heterocycles. The van der Waals surface area contributed by atoms with Gasteiger partial charge < -0.3 is 9.47 Å². The maximum atomic E-state index is 6.12. The lowest BCUT2D eigenvalue weighted by Gasteiger charge is -2.32. The summed E-state index contributed by atoms with van der Waals surface area (Å²) in [6.07, 6.45) is 2.67. The van der Waals surface area contributed by atoms with Crippen LogP contribution in [-0.2, 0) is 4.74 Å². The lowest BCUT2D eigenvalue weighted by Crippen LogP contribution is -2.46. The number of anilines is 1. The summed E-state index contributed by atoms with van der Waals surface area (Å²) in [7, 11) is 1.58. The molecule has 2 fully saturated rings. The highest BCUT2D eigenvalue weighted by Gasteiger charge is 2.54. The molecule has 0 aliphatic carbocycles. The number of nitrogens with zero attached hydrogens (tertiary/aromatic N) is 4. The summed E-state index contributed by atoms with van der Waals surface area (Å²) in [5.41, 5.74) is -0.113. The first-order chi connectivity index (χ1) is 9.77. The summed E-state index contributed by atoms with van der Waals surface area (Å²) in [6.45, 7) is 4.06. The molecule has 0 amide bonds. The molecule has 3 atom stereocenters. The van der Waals surface area contributed by atoms with Crippen LogP contribution in [0.5, 0.6) is 5.88 Å². The molecular weight excluding hydrogens is 258 g/mol. The minimum Gasteiger partial charge on any atom is -0.481 e.